The third-order valence-electron chi connectivity index (χ3n) is 4.42. The molecular weight excluding hydrogens is 288 g/mol. The molecule has 1 atom stereocenters. The summed E-state index contributed by atoms with van der Waals surface area (Å²) in [5.41, 5.74) is 2.33. The highest BCUT2D eigenvalue weighted by atomic mass is 16.5. The molecule has 1 aliphatic rings. The lowest BCUT2D eigenvalue weighted by Gasteiger charge is -2.23. The molecule has 1 aromatic carbocycles. The van der Waals surface area contributed by atoms with E-state index in [9.17, 15) is 0 Å². The quantitative estimate of drug-likeness (QED) is 0.761. The van der Waals surface area contributed by atoms with E-state index >= 15 is 0 Å². The zero-order valence-electron chi connectivity index (χ0n) is 14.1. The van der Waals surface area contributed by atoms with Crippen LogP contribution in [0.5, 0.6) is 5.75 Å². The van der Waals surface area contributed by atoms with E-state index in [0.29, 0.717) is 12.6 Å². The van der Waals surface area contributed by atoms with Crippen molar-refractivity contribution in [2.45, 2.75) is 52.1 Å². The lowest BCUT2D eigenvalue weighted by Crippen LogP contribution is -2.23. The number of benzene rings is 1. The summed E-state index contributed by atoms with van der Waals surface area (Å²) in [5, 5.41) is 4.32. The molecule has 2 heterocycles. The smallest absolute Gasteiger partial charge is 0.137 e. The lowest BCUT2D eigenvalue weighted by atomic mass is 10.1. The summed E-state index contributed by atoms with van der Waals surface area (Å²) in [6.07, 6.45) is 4.41. The maximum Gasteiger partial charge on any atom is 0.137 e. The summed E-state index contributed by atoms with van der Waals surface area (Å²) >= 11 is 0. The van der Waals surface area contributed by atoms with Crippen molar-refractivity contribution in [1.82, 2.24) is 10.1 Å². The van der Waals surface area contributed by atoms with Gasteiger partial charge >= 0.3 is 0 Å². The van der Waals surface area contributed by atoms with Gasteiger partial charge in [-0.3, -0.25) is 4.90 Å². The Kier molecular flexibility index (Phi) is 5.34. The van der Waals surface area contributed by atoms with Gasteiger partial charge in [-0.05, 0) is 38.8 Å². The first-order valence-corrected chi connectivity index (χ1v) is 8.72. The molecule has 1 aromatic heterocycles. The first-order valence-electron chi connectivity index (χ1n) is 8.72. The number of nitrogens with zero attached hydrogens (tertiary/aromatic N) is 2. The van der Waals surface area contributed by atoms with Gasteiger partial charge in [-0.2, -0.15) is 0 Å². The molecule has 0 saturated carbocycles. The molecule has 0 bridgehead atoms. The van der Waals surface area contributed by atoms with Crippen molar-refractivity contribution >= 4 is 0 Å². The molecule has 1 fully saturated rings. The number of ether oxygens (including phenoxy) is 1. The van der Waals surface area contributed by atoms with Gasteiger partial charge in [-0.25, -0.2) is 0 Å². The maximum atomic E-state index is 5.76. The minimum absolute atomic E-state index is 0.360. The number of hydrogen-bond acceptors (Lipinski definition) is 4. The van der Waals surface area contributed by atoms with Crippen LogP contribution in [0.2, 0.25) is 0 Å². The van der Waals surface area contributed by atoms with Crippen LogP contribution >= 0.6 is 0 Å². The normalized spacial score (nSPS) is 18.4. The summed E-state index contributed by atoms with van der Waals surface area (Å²) < 4.78 is 11.2. The second-order valence-electron chi connectivity index (χ2n) is 6.14. The van der Waals surface area contributed by atoms with Crippen molar-refractivity contribution in [2.75, 3.05) is 13.2 Å². The molecule has 0 spiro atoms. The first kappa shape index (κ1) is 16.1. The number of aryl methyl sites for hydroxylation is 1. The van der Waals surface area contributed by atoms with E-state index < -0.39 is 0 Å². The molecule has 1 saturated heterocycles. The molecule has 0 unspecified atom stereocenters. The van der Waals surface area contributed by atoms with Crippen molar-refractivity contribution in [2.24, 2.45) is 0 Å². The van der Waals surface area contributed by atoms with Gasteiger partial charge in [-0.15, -0.1) is 0 Å². The van der Waals surface area contributed by atoms with Gasteiger partial charge in [0.15, 0.2) is 0 Å². The third kappa shape index (κ3) is 3.75. The van der Waals surface area contributed by atoms with Crippen LogP contribution in [0.25, 0.3) is 0 Å². The Morgan fingerprint density at radius 3 is 3.00 bits per heavy atom. The average Bonchev–Trinajstić information content (AvgIpc) is 3.19. The number of likely N-dealkylation sites (tertiary alicyclic amines) is 1. The molecule has 2 aromatic rings. The number of hydrogen-bond donors (Lipinski definition) is 0. The predicted molar refractivity (Wildman–Crippen MR) is 90.5 cm³/mol. The number of rotatable bonds is 7. The minimum atomic E-state index is 0.360. The van der Waals surface area contributed by atoms with E-state index in [2.05, 4.69) is 41.2 Å². The Balaban J connectivity index is 1.74. The first-order chi connectivity index (χ1) is 11.3. The van der Waals surface area contributed by atoms with E-state index in [1.807, 2.05) is 13.0 Å². The van der Waals surface area contributed by atoms with Gasteiger partial charge in [0.1, 0.15) is 17.2 Å². The van der Waals surface area contributed by atoms with E-state index in [-0.39, 0.29) is 0 Å². The summed E-state index contributed by atoms with van der Waals surface area (Å²) in [5.74, 6) is 2.00. The van der Waals surface area contributed by atoms with Gasteiger partial charge < -0.3 is 9.26 Å². The molecule has 1 aliphatic heterocycles. The molecule has 4 heteroatoms. The Morgan fingerprint density at radius 1 is 1.30 bits per heavy atom. The molecule has 124 valence electrons. The molecule has 0 aliphatic carbocycles. The third-order valence-corrected chi connectivity index (χ3v) is 4.42. The minimum Gasteiger partial charge on any atom is -0.494 e. The van der Waals surface area contributed by atoms with Crippen LogP contribution in [-0.2, 0) is 13.0 Å². The molecule has 0 N–H and O–H groups in total. The highest BCUT2D eigenvalue weighted by Crippen LogP contribution is 2.34. The van der Waals surface area contributed by atoms with Crippen molar-refractivity contribution in [1.29, 1.82) is 0 Å². The lowest BCUT2D eigenvalue weighted by molar-refractivity contribution is 0.231. The van der Waals surface area contributed by atoms with Gasteiger partial charge in [0.05, 0.1) is 12.6 Å². The van der Waals surface area contributed by atoms with Crippen LogP contribution < -0.4 is 4.74 Å². The summed E-state index contributed by atoms with van der Waals surface area (Å²) in [4.78, 5) is 2.49. The second kappa shape index (κ2) is 7.64. The zero-order chi connectivity index (χ0) is 16.1. The van der Waals surface area contributed by atoms with Crippen LogP contribution in [0.4, 0.5) is 0 Å². The van der Waals surface area contributed by atoms with Crippen LogP contribution in [0.3, 0.4) is 0 Å². The van der Waals surface area contributed by atoms with Crippen LogP contribution in [0, 0.1) is 0 Å². The molecule has 0 radical (unpaired) electrons. The van der Waals surface area contributed by atoms with E-state index in [1.165, 1.54) is 12.0 Å². The highest BCUT2D eigenvalue weighted by Gasteiger charge is 2.29. The SMILES string of the molecule is CCCc1cc([C@H]2CCCN2Cc2ccccc2OCC)no1. The van der Waals surface area contributed by atoms with Crippen LogP contribution in [0.15, 0.2) is 34.9 Å². The summed E-state index contributed by atoms with van der Waals surface area (Å²) in [7, 11) is 0. The summed E-state index contributed by atoms with van der Waals surface area (Å²) in [6, 6.07) is 10.8. The van der Waals surface area contributed by atoms with Crippen molar-refractivity contribution in [3.05, 3.63) is 47.3 Å². The molecular formula is C19H26N2O2. The van der Waals surface area contributed by atoms with Gasteiger partial charge in [-0.1, -0.05) is 30.3 Å². The Bertz CT molecular complexity index is 623. The van der Waals surface area contributed by atoms with Crippen LogP contribution in [-0.4, -0.2) is 23.2 Å². The molecule has 0 amide bonds. The maximum absolute atomic E-state index is 5.76. The summed E-state index contributed by atoms with van der Waals surface area (Å²) in [6.45, 7) is 6.89. The fourth-order valence-corrected chi connectivity index (χ4v) is 3.35. The Labute approximate surface area is 138 Å². The number of aromatic nitrogens is 1. The molecule has 23 heavy (non-hydrogen) atoms. The highest BCUT2D eigenvalue weighted by molar-refractivity contribution is 5.33. The average molecular weight is 314 g/mol. The fraction of sp³-hybridized carbons (Fsp3) is 0.526. The molecule has 4 nitrogen and oxygen atoms in total. The number of para-hydroxylation sites is 1. The zero-order valence-corrected chi connectivity index (χ0v) is 14.1. The van der Waals surface area contributed by atoms with Gasteiger partial charge in [0, 0.05) is 24.6 Å². The standard InChI is InChI=1S/C19H26N2O2/c1-3-8-16-13-17(20-23-16)18-10-7-12-21(18)14-15-9-5-6-11-19(15)22-4-2/h5-6,9,11,13,18H,3-4,7-8,10,12,14H2,1-2H3/t18-/m1/s1. The predicted octanol–water partition coefficient (Wildman–Crippen LogP) is 4.36. The van der Waals surface area contributed by atoms with Crippen LogP contribution in [0.1, 0.15) is 56.2 Å². The van der Waals surface area contributed by atoms with Gasteiger partial charge in [0.25, 0.3) is 0 Å². The molecule has 3 rings (SSSR count). The topological polar surface area (TPSA) is 38.5 Å². The largest absolute Gasteiger partial charge is 0.494 e. The van der Waals surface area contributed by atoms with E-state index in [4.69, 9.17) is 9.26 Å². The monoisotopic (exact) mass is 314 g/mol. The Morgan fingerprint density at radius 2 is 2.17 bits per heavy atom. The van der Waals surface area contributed by atoms with E-state index in [0.717, 1.165) is 49.6 Å². The van der Waals surface area contributed by atoms with Crippen molar-refractivity contribution in [3.63, 3.8) is 0 Å². The van der Waals surface area contributed by atoms with Crippen molar-refractivity contribution in [3.8, 4) is 5.75 Å². The Hall–Kier alpha value is -1.81. The second-order valence-corrected chi connectivity index (χ2v) is 6.14. The fourth-order valence-electron chi connectivity index (χ4n) is 3.35. The van der Waals surface area contributed by atoms with E-state index in [1.54, 1.807) is 0 Å². The van der Waals surface area contributed by atoms with Gasteiger partial charge in [0.2, 0.25) is 0 Å². The van der Waals surface area contributed by atoms with Crippen molar-refractivity contribution < 1.29 is 9.26 Å².